The number of amides is 3. The van der Waals surface area contributed by atoms with Crippen molar-refractivity contribution in [1.82, 2.24) is 19.4 Å². The first-order chi connectivity index (χ1) is 15.8. The van der Waals surface area contributed by atoms with Gasteiger partial charge in [-0.1, -0.05) is 12.1 Å². The van der Waals surface area contributed by atoms with Gasteiger partial charge in [-0.25, -0.2) is 8.42 Å². The van der Waals surface area contributed by atoms with E-state index in [1.807, 2.05) is 0 Å². The molecule has 2 N–H and O–H groups in total. The van der Waals surface area contributed by atoms with E-state index in [2.05, 4.69) is 5.32 Å². The number of hydrogen-bond donors (Lipinski definition) is 2. The highest BCUT2D eigenvalue weighted by atomic mass is 32.2. The summed E-state index contributed by atoms with van der Waals surface area (Å²) in [4.78, 5) is 40.2. The highest BCUT2D eigenvalue weighted by molar-refractivity contribution is 7.89. The topological polar surface area (TPSA) is 127 Å². The number of benzene rings is 2. The Morgan fingerprint density at radius 2 is 1.45 bits per heavy atom. The molecule has 3 amide bonds. The summed E-state index contributed by atoms with van der Waals surface area (Å²) in [5.74, 6) is -0.981. The Kier molecular flexibility index (Phi) is 6.34. The summed E-state index contributed by atoms with van der Waals surface area (Å²) in [7, 11) is -3.83. The third kappa shape index (κ3) is 4.69. The van der Waals surface area contributed by atoms with Crippen LogP contribution in [0.4, 0.5) is 0 Å². The lowest BCUT2D eigenvalue weighted by Gasteiger charge is -2.35. The Morgan fingerprint density at radius 1 is 0.848 bits per heavy atom. The van der Waals surface area contributed by atoms with Gasteiger partial charge in [0.05, 0.1) is 17.0 Å². The maximum atomic E-state index is 12.9. The molecule has 0 bridgehead atoms. The van der Waals surface area contributed by atoms with Crippen LogP contribution in [0, 0.1) is 0 Å². The van der Waals surface area contributed by atoms with Gasteiger partial charge in [0.15, 0.2) is 0 Å². The molecule has 2 aliphatic heterocycles. The van der Waals surface area contributed by atoms with Crippen molar-refractivity contribution in [3.8, 4) is 5.75 Å². The minimum Gasteiger partial charge on any atom is -0.507 e. The number of phenols is 1. The number of sulfonamides is 1. The van der Waals surface area contributed by atoms with Crippen LogP contribution in [0.3, 0.4) is 0 Å². The second-order valence-corrected chi connectivity index (χ2v) is 9.75. The van der Waals surface area contributed by atoms with Crippen LogP contribution in [-0.2, 0) is 14.8 Å². The molecular formula is C22H24N4O6S. The van der Waals surface area contributed by atoms with Crippen molar-refractivity contribution in [2.24, 2.45) is 0 Å². The molecule has 4 rings (SSSR count). The quantitative estimate of drug-likeness (QED) is 0.650. The van der Waals surface area contributed by atoms with Gasteiger partial charge in [-0.3, -0.25) is 14.4 Å². The van der Waals surface area contributed by atoms with E-state index in [9.17, 15) is 27.9 Å². The van der Waals surface area contributed by atoms with Crippen LogP contribution in [0.15, 0.2) is 53.4 Å². The fourth-order valence-corrected chi connectivity index (χ4v) is 5.26. The molecule has 0 saturated carbocycles. The Hall–Kier alpha value is -3.44. The van der Waals surface area contributed by atoms with E-state index in [-0.39, 0.29) is 53.6 Å². The Morgan fingerprint density at radius 3 is 2.06 bits per heavy atom. The summed E-state index contributed by atoms with van der Waals surface area (Å²) >= 11 is 0. The summed E-state index contributed by atoms with van der Waals surface area (Å²) in [5.41, 5.74) is 0.561. The maximum absolute atomic E-state index is 12.9. The van der Waals surface area contributed by atoms with Crippen LogP contribution in [-0.4, -0.2) is 91.2 Å². The summed E-state index contributed by atoms with van der Waals surface area (Å²) in [5, 5.41) is 12.5. The van der Waals surface area contributed by atoms with E-state index in [1.54, 1.807) is 28.0 Å². The summed E-state index contributed by atoms with van der Waals surface area (Å²) in [6.45, 7) is 1.51. The number of piperazine rings is 2. The minimum atomic E-state index is -3.83. The summed E-state index contributed by atoms with van der Waals surface area (Å²) in [6.07, 6.45) is 0. The zero-order chi connectivity index (χ0) is 23.6. The number of carbonyl (C=O) groups excluding carboxylic acids is 3. The molecule has 2 saturated heterocycles. The number of nitrogens with zero attached hydrogens (tertiary/aromatic N) is 3. The van der Waals surface area contributed by atoms with Crippen molar-refractivity contribution in [3.05, 3.63) is 59.7 Å². The number of aromatic hydroxyl groups is 1. The average Bonchev–Trinajstić information content (AvgIpc) is 2.84. The lowest BCUT2D eigenvalue weighted by Crippen LogP contribution is -2.50. The van der Waals surface area contributed by atoms with E-state index in [0.29, 0.717) is 31.7 Å². The van der Waals surface area contributed by atoms with Gasteiger partial charge >= 0.3 is 0 Å². The molecule has 2 heterocycles. The molecule has 0 spiro atoms. The number of rotatable bonds is 4. The van der Waals surface area contributed by atoms with E-state index >= 15 is 0 Å². The Bertz CT molecular complexity index is 1170. The lowest BCUT2D eigenvalue weighted by atomic mass is 10.1. The first kappa shape index (κ1) is 22.7. The SMILES string of the molecule is O=C1CN(S(=O)(=O)c2ccc(C(=O)N3CCN(C(=O)c4ccccc4O)CC3)cc2)CCN1. The van der Waals surface area contributed by atoms with Crippen LogP contribution >= 0.6 is 0 Å². The number of para-hydroxylation sites is 1. The van der Waals surface area contributed by atoms with Gasteiger partial charge in [0.2, 0.25) is 15.9 Å². The lowest BCUT2D eigenvalue weighted by molar-refractivity contribution is -0.122. The predicted octanol–water partition coefficient (Wildman–Crippen LogP) is 0.111. The van der Waals surface area contributed by atoms with E-state index in [1.165, 1.54) is 30.3 Å². The van der Waals surface area contributed by atoms with Crippen LogP contribution < -0.4 is 5.32 Å². The third-order valence-electron chi connectivity index (χ3n) is 5.73. The van der Waals surface area contributed by atoms with E-state index < -0.39 is 10.0 Å². The Labute approximate surface area is 191 Å². The van der Waals surface area contributed by atoms with Crippen molar-refractivity contribution in [1.29, 1.82) is 0 Å². The molecule has 2 fully saturated rings. The maximum Gasteiger partial charge on any atom is 0.257 e. The highest BCUT2D eigenvalue weighted by Crippen LogP contribution is 2.21. The largest absolute Gasteiger partial charge is 0.507 e. The van der Waals surface area contributed by atoms with E-state index in [0.717, 1.165) is 4.31 Å². The number of carbonyl (C=O) groups is 3. The second-order valence-electron chi connectivity index (χ2n) is 7.81. The number of phenolic OH excluding ortho intramolecular Hbond substituents is 1. The Balaban J connectivity index is 1.39. The van der Waals surface area contributed by atoms with Gasteiger partial charge in [0.25, 0.3) is 11.8 Å². The van der Waals surface area contributed by atoms with Crippen LogP contribution in [0.5, 0.6) is 5.75 Å². The highest BCUT2D eigenvalue weighted by Gasteiger charge is 2.30. The molecule has 2 aromatic carbocycles. The fraction of sp³-hybridized carbons (Fsp3) is 0.318. The van der Waals surface area contributed by atoms with Crippen molar-refractivity contribution >= 4 is 27.7 Å². The molecule has 2 aliphatic rings. The van der Waals surface area contributed by atoms with Crippen LogP contribution in [0.1, 0.15) is 20.7 Å². The summed E-state index contributed by atoms with van der Waals surface area (Å²) < 4.78 is 26.6. The minimum absolute atomic E-state index is 0.0202. The molecule has 11 heteroatoms. The molecule has 0 radical (unpaired) electrons. The van der Waals surface area contributed by atoms with Gasteiger partial charge in [0, 0.05) is 44.8 Å². The van der Waals surface area contributed by atoms with Gasteiger partial charge in [-0.15, -0.1) is 0 Å². The second kappa shape index (κ2) is 9.20. The molecular weight excluding hydrogens is 448 g/mol. The molecule has 0 atom stereocenters. The smallest absolute Gasteiger partial charge is 0.257 e. The van der Waals surface area contributed by atoms with Crippen molar-refractivity contribution in [3.63, 3.8) is 0 Å². The first-order valence-electron chi connectivity index (χ1n) is 10.5. The molecule has 2 aromatic rings. The average molecular weight is 473 g/mol. The van der Waals surface area contributed by atoms with Gasteiger partial charge in [0.1, 0.15) is 5.75 Å². The van der Waals surface area contributed by atoms with Gasteiger partial charge < -0.3 is 20.2 Å². The van der Waals surface area contributed by atoms with Crippen molar-refractivity contribution in [2.45, 2.75) is 4.90 Å². The van der Waals surface area contributed by atoms with Crippen molar-refractivity contribution < 1.29 is 27.9 Å². The molecule has 174 valence electrons. The predicted molar refractivity (Wildman–Crippen MR) is 118 cm³/mol. The molecule has 0 aliphatic carbocycles. The molecule has 10 nitrogen and oxygen atoms in total. The zero-order valence-corrected chi connectivity index (χ0v) is 18.6. The van der Waals surface area contributed by atoms with Crippen molar-refractivity contribution in [2.75, 3.05) is 45.8 Å². The summed E-state index contributed by atoms with van der Waals surface area (Å²) in [6, 6.07) is 12.0. The molecule has 33 heavy (non-hydrogen) atoms. The van der Waals surface area contributed by atoms with Crippen LogP contribution in [0.25, 0.3) is 0 Å². The monoisotopic (exact) mass is 472 g/mol. The van der Waals surface area contributed by atoms with Crippen LogP contribution in [0.2, 0.25) is 0 Å². The van der Waals surface area contributed by atoms with E-state index in [4.69, 9.17) is 0 Å². The van der Waals surface area contributed by atoms with Gasteiger partial charge in [-0.05, 0) is 36.4 Å². The standard InChI is InChI=1S/C22H24N4O6S/c27-19-4-2-1-3-18(19)22(30)25-13-11-24(12-14-25)21(29)16-5-7-17(8-6-16)33(31,32)26-10-9-23-20(28)15-26/h1-8,27H,9-15H2,(H,23,28). The molecule has 0 unspecified atom stereocenters. The number of nitrogens with one attached hydrogen (secondary N) is 1. The third-order valence-corrected chi connectivity index (χ3v) is 7.59. The zero-order valence-electron chi connectivity index (χ0n) is 17.8. The van der Waals surface area contributed by atoms with Gasteiger partial charge in [-0.2, -0.15) is 4.31 Å². The first-order valence-corrected chi connectivity index (χ1v) is 11.9. The number of hydrogen-bond acceptors (Lipinski definition) is 6. The fourth-order valence-electron chi connectivity index (χ4n) is 3.86. The molecule has 0 aromatic heterocycles. The normalized spacial score (nSPS) is 17.5.